The number of methoxy groups -OCH3 is 1. The first-order chi connectivity index (χ1) is 8.51. The summed E-state index contributed by atoms with van der Waals surface area (Å²) >= 11 is 9.64. The molecule has 18 heavy (non-hydrogen) atoms. The van der Waals surface area contributed by atoms with Crippen LogP contribution in [-0.4, -0.2) is 18.2 Å². The summed E-state index contributed by atoms with van der Waals surface area (Å²) in [4.78, 5) is 11.5. The molecule has 0 aliphatic heterocycles. The van der Waals surface area contributed by atoms with Gasteiger partial charge in [-0.2, -0.15) is 0 Å². The van der Waals surface area contributed by atoms with Crippen molar-refractivity contribution in [2.75, 3.05) is 7.11 Å². The maximum absolute atomic E-state index is 11.5. The van der Waals surface area contributed by atoms with Crippen molar-refractivity contribution in [2.24, 2.45) is 0 Å². The van der Waals surface area contributed by atoms with Crippen molar-refractivity contribution in [3.63, 3.8) is 0 Å². The van der Waals surface area contributed by atoms with Crippen LogP contribution >= 0.6 is 27.5 Å². The largest absolute Gasteiger partial charge is 0.481 e. The van der Waals surface area contributed by atoms with Crippen LogP contribution in [-0.2, 0) is 21.6 Å². The van der Waals surface area contributed by atoms with E-state index in [1.807, 2.05) is 6.07 Å². The summed E-state index contributed by atoms with van der Waals surface area (Å²) in [6.45, 7) is 0.403. The maximum Gasteiger partial charge on any atom is 0.314 e. The minimum Gasteiger partial charge on any atom is -0.481 e. The summed E-state index contributed by atoms with van der Waals surface area (Å²) in [6.07, 6.45) is 2.30. The van der Waals surface area contributed by atoms with Crippen LogP contribution in [0.5, 0.6) is 0 Å². The average molecular weight is 334 g/mol. The molecular formula is C13H14BrClO3. The smallest absolute Gasteiger partial charge is 0.314 e. The molecule has 0 heterocycles. The van der Waals surface area contributed by atoms with Crippen molar-refractivity contribution >= 4 is 33.5 Å². The van der Waals surface area contributed by atoms with E-state index in [1.165, 1.54) is 0 Å². The highest BCUT2D eigenvalue weighted by molar-refractivity contribution is 9.10. The first-order valence-electron chi connectivity index (χ1n) is 5.72. The van der Waals surface area contributed by atoms with E-state index in [4.69, 9.17) is 16.3 Å². The number of benzene rings is 1. The monoisotopic (exact) mass is 332 g/mol. The number of aliphatic carboxylic acids is 1. The maximum atomic E-state index is 11.5. The van der Waals surface area contributed by atoms with Crippen LogP contribution in [0.15, 0.2) is 16.6 Å². The molecule has 1 saturated carbocycles. The molecule has 5 heteroatoms. The lowest BCUT2D eigenvalue weighted by Gasteiger charge is -2.38. The zero-order valence-electron chi connectivity index (χ0n) is 10.0. The molecule has 1 N–H and O–H groups in total. The molecule has 0 saturated heterocycles. The number of carboxylic acids is 1. The van der Waals surface area contributed by atoms with Crippen molar-refractivity contribution < 1.29 is 14.6 Å². The van der Waals surface area contributed by atoms with Crippen molar-refractivity contribution in [3.05, 3.63) is 32.8 Å². The molecule has 1 aliphatic rings. The highest BCUT2D eigenvalue weighted by atomic mass is 79.9. The normalized spacial score (nSPS) is 17.3. The Morgan fingerprint density at radius 3 is 2.61 bits per heavy atom. The molecular weight excluding hydrogens is 319 g/mol. The van der Waals surface area contributed by atoms with Gasteiger partial charge in [0.1, 0.15) is 0 Å². The molecule has 2 rings (SSSR count). The van der Waals surface area contributed by atoms with Crippen LogP contribution in [0, 0.1) is 0 Å². The molecule has 0 unspecified atom stereocenters. The van der Waals surface area contributed by atoms with E-state index in [9.17, 15) is 9.90 Å². The van der Waals surface area contributed by atoms with Crippen LogP contribution in [0.25, 0.3) is 0 Å². The quantitative estimate of drug-likeness (QED) is 0.912. The standard InChI is InChI=1S/C13H14BrClO3/c1-18-7-9-10(14)5-8(6-11(9)15)13(12(16)17)3-2-4-13/h5-6H,2-4,7H2,1H3,(H,16,17). The Bertz CT molecular complexity index is 460. The summed E-state index contributed by atoms with van der Waals surface area (Å²) in [7, 11) is 1.60. The predicted octanol–water partition coefficient (Wildman–Crippen LogP) is 3.76. The second-order valence-corrected chi connectivity index (χ2v) is 5.85. The molecule has 0 radical (unpaired) electrons. The second-order valence-electron chi connectivity index (χ2n) is 4.59. The highest BCUT2D eigenvalue weighted by Gasteiger charge is 2.46. The summed E-state index contributed by atoms with van der Waals surface area (Å²) in [5, 5.41) is 9.96. The van der Waals surface area contributed by atoms with Gasteiger partial charge < -0.3 is 9.84 Å². The van der Waals surface area contributed by atoms with E-state index in [0.29, 0.717) is 24.5 Å². The van der Waals surface area contributed by atoms with Gasteiger partial charge in [-0.15, -0.1) is 0 Å². The molecule has 1 aliphatic carbocycles. The fourth-order valence-electron chi connectivity index (χ4n) is 2.32. The molecule has 0 aromatic heterocycles. The summed E-state index contributed by atoms with van der Waals surface area (Å²) in [5.74, 6) is -0.767. The van der Waals surface area contributed by atoms with Gasteiger partial charge in [0.15, 0.2) is 0 Å². The van der Waals surface area contributed by atoms with Crippen LogP contribution < -0.4 is 0 Å². The van der Waals surface area contributed by atoms with Gasteiger partial charge in [-0.1, -0.05) is 34.0 Å². The molecule has 3 nitrogen and oxygen atoms in total. The second kappa shape index (κ2) is 5.19. The summed E-state index contributed by atoms with van der Waals surface area (Å²) in [6, 6.07) is 3.61. The summed E-state index contributed by atoms with van der Waals surface area (Å²) in [5.41, 5.74) is 0.873. The van der Waals surface area contributed by atoms with Gasteiger partial charge in [0.05, 0.1) is 12.0 Å². The molecule has 0 spiro atoms. The minimum absolute atomic E-state index is 0.403. The van der Waals surface area contributed by atoms with Crippen molar-refractivity contribution in [1.29, 1.82) is 0 Å². The first kappa shape index (κ1) is 13.8. The minimum atomic E-state index is -0.767. The fourth-order valence-corrected chi connectivity index (χ4v) is 3.28. The van der Waals surface area contributed by atoms with E-state index in [1.54, 1.807) is 13.2 Å². The van der Waals surface area contributed by atoms with Gasteiger partial charge in [-0.3, -0.25) is 4.79 Å². The third-order valence-corrected chi connectivity index (χ3v) is 4.64. The lowest BCUT2D eigenvalue weighted by Crippen LogP contribution is -2.42. The lowest BCUT2D eigenvalue weighted by atomic mass is 9.64. The average Bonchev–Trinajstić information content (AvgIpc) is 2.21. The van der Waals surface area contributed by atoms with Crippen molar-refractivity contribution in [2.45, 2.75) is 31.3 Å². The lowest BCUT2D eigenvalue weighted by molar-refractivity contribution is -0.147. The van der Waals surface area contributed by atoms with E-state index in [2.05, 4.69) is 15.9 Å². The zero-order valence-corrected chi connectivity index (χ0v) is 12.3. The Morgan fingerprint density at radius 1 is 1.56 bits per heavy atom. The third kappa shape index (κ3) is 2.17. The van der Waals surface area contributed by atoms with Crippen molar-refractivity contribution in [3.8, 4) is 0 Å². The molecule has 0 amide bonds. The molecule has 0 atom stereocenters. The van der Waals surface area contributed by atoms with Crippen molar-refractivity contribution in [1.82, 2.24) is 0 Å². The zero-order chi connectivity index (χ0) is 13.3. The van der Waals surface area contributed by atoms with Crippen LogP contribution in [0.3, 0.4) is 0 Å². The topological polar surface area (TPSA) is 46.5 Å². The Labute approximate surface area is 119 Å². The number of hydrogen-bond acceptors (Lipinski definition) is 2. The predicted molar refractivity (Wildman–Crippen MR) is 73.0 cm³/mol. The molecule has 1 fully saturated rings. The first-order valence-corrected chi connectivity index (χ1v) is 6.89. The van der Waals surface area contributed by atoms with E-state index in [0.717, 1.165) is 22.0 Å². The molecule has 98 valence electrons. The Morgan fingerprint density at radius 2 is 2.22 bits per heavy atom. The molecule has 1 aromatic carbocycles. The van der Waals surface area contributed by atoms with Gasteiger partial charge >= 0.3 is 5.97 Å². The molecule has 1 aromatic rings. The molecule has 0 bridgehead atoms. The SMILES string of the molecule is COCc1c(Cl)cc(C2(C(=O)O)CCC2)cc1Br. The number of carbonyl (C=O) groups is 1. The van der Waals surface area contributed by atoms with E-state index < -0.39 is 11.4 Å². The number of ether oxygens (including phenoxy) is 1. The van der Waals surface area contributed by atoms with Crippen LogP contribution in [0.2, 0.25) is 5.02 Å². The number of carboxylic acid groups (broad SMARTS) is 1. The fraction of sp³-hybridized carbons (Fsp3) is 0.462. The third-order valence-electron chi connectivity index (χ3n) is 3.60. The van der Waals surface area contributed by atoms with Gasteiger partial charge in [0.25, 0.3) is 0 Å². The van der Waals surface area contributed by atoms with Gasteiger partial charge in [0.2, 0.25) is 0 Å². The summed E-state index contributed by atoms with van der Waals surface area (Å²) < 4.78 is 5.88. The van der Waals surface area contributed by atoms with Crippen LogP contribution in [0.4, 0.5) is 0 Å². The van der Waals surface area contributed by atoms with Gasteiger partial charge in [-0.05, 0) is 30.5 Å². The Kier molecular flexibility index (Phi) is 3.99. The Balaban J connectivity index is 2.44. The van der Waals surface area contributed by atoms with Gasteiger partial charge in [-0.25, -0.2) is 0 Å². The highest BCUT2D eigenvalue weighted by Crippen LogP contribution is 2.46. The van der Waals surface area contributed by atoms with Crippen LogP contribution in [0.1, 0.15) is 30.4 Å². The van der Waals surface area contributed by atoms with E-state index >= 15 is 0 Å². The van der Waals surface area contributed by atoms with E-state index in [-0.39, 0.29) is 0 Å². The Hall–Kier alpha value is -0.580. The number of rotatable bonds is 4. The van der Waals surface area contributed by atoms with Gasteiger partial charge in [0, 0.05) is 22.2 Å². The number of halogens is 2. The number of hydrogen-bond donors (Lipinski definition) is 1.